The summed E-state index contributed by atoms with van der Waals surface area (Å²) in [4.78, 5) is 0. The second-order valence-electron chi connectivity index (χ2n) is 6.44. The minimum absolute atomic E-state index is 0.435. The van der Waals surface area contributed by atoms with Crippen molar-refractivity contribution in [2.24, 2.45) is 5.92 Å². The highest BCUT2D eigenvalue weighted by atomic mass is 16.5. The summed E-state index contributed by atoms with van der Waals surface area (Å²) in [5.74, 6) is 2.38. The van der Waals surface area contributed by atoms with E-state index in [0.717, 1.165) is 56.3 Å². The quantitative estimate of drug-likeness (QED) is 0.873. The van der Waals surface area contributed by atoms with E-state index in [9.17, 15) is 0 Å². The van der Waals surface area contributed by atoms with Crippen molar-refractivity contribution in [1.82, 2.24) is 19.6 Å². The van der Waals surface area contributed by atoms with Gasteiger partial charge in [-0.1, -0.05) is 0 Å². The highest BCUT2D eigenvalue weighted by molar-refractivity contribution is 5.26. The molecule has 2 aromatic heterocycles. The van der Waals surface area contributed by atoms with Gasteiger partial charge in [0.1, 0.15) is 0 Å². The highest BCUT2D eigenvalue weighted by Gasteiger charge is 2.25. The van der Waals surface area contributed by atoms with Crippen LogP contribution in [-0.2, 0) is 13.0 Å². The fourth-order valence-corrected chi connectivity index (χ4v) is 3.29. The second-order valence-corrected chi connectivity index (χ2v) is 6.44. The predicted molar refractivity (Wildman–Crippen MR) is 81.3 cm³/mol. The molecule has 0 saturated heterocycles. The summed E-state index contributed by atoms with van der Waals surface area (Å²) in [6.07, 6.45) is 6.91. The molecule has 2 aliphatic rings. The summed E-state index contributed by atoms with van der Waals surface area (Å²) in [5, 5.41) is 8.87. The van der Waals surface area contributed by atoms with E-state index in [0.29, 0.717) is 12.0 Å². The summed E-state index contributed by atoms with van der Waals surface area (Å²) >= 11 is 0. The van der Waals surface area contributed by atoms with Crippen molar-refractivity contribution in [3.05, 3.63) is 23.5 Å². The summed E-state index contributed by atoms with van der Waals surface area (Å²) < 4.78 is 15.7. The lowest BCUT2D eigenvalue weighted by Gasteiger charge is -2.25. The monoisotopic (exact) mass is 302 g/mol. The molecule has 22 heavy (non-hydrogen) atoms. The number of hydrogen-bond acceptors (Lipinski definition) is 4. The lowest BCUT2D eigenvalue weighted by Crippen LogP contribution is -2.26. The molecule has 0 bridgehead atoms. The van der Waals surface area contributed by atoms with Gasteiger partial charge in [-0.2, -0.15) is 10.2 Å². The molecule has 6 nitrogen and oxygen atoms in total. The summed E-state index contributed by atoms with van der Waals surface area (Å²) in [6, 6.07) is 0.435. The smallest absolute Gasteiger partial charge is 0.215 e. The second kappa shape index (κ2) is 5.34. The molecular weight excluding hydrogens is 280 g/mol. The molecule has 0 N–H and O–H groups in total. The van der Waals surface area contributed by atoms with Crippen molar-refractivity contribution < 1.29 is 9.47 Å². The van der Waals surface area contributed by atoms with Gasteiger partial charge in [0.05, 0.1) is 38.2 Å². The van der Waals surface area contributed by atoms with Gasteiger partial charge in [0.15, 0.2) is 0 Å². The first-order valence-corrected chi connectivity index (χ1v) is 8.06. The van der Waals surface area contributed by atoms with Gasteiger partial charge < -0.3 is 9.47 Å². The average Bonchev–Trinajstić information content (AvgIpc) is 3.10. The Morgan fingerprint density at radius 1 is 1.23 bits per heavy atom. The Labute approximate surface area is 130 Å². The Hall–Kier alpha value is -1.98. The maximum atomic E-state index is 5.85. The zero-order chi connectivity index (χ0) is 15.1. The standard InChI is InChI=1S/C16H22N4O2/c1-11-7-17-19-9-13(10-22-15(11)19)3-4-14-8-18-20-12(2)5-6-21-16(14)20/h7-8,12-13H,3-6,9-10H2,1-2H3/t12?,13-/m1/s1. The number of aryl methyl sites for hydroxylation is 2. The van der Waals surface area contributed by atoms with Crippen molar-refractivity contribution >= 4 is 0 Å². The number of fused-ring (bicyclic) bond motifs is 2. The molecule has 0 radical (unpaired) electrons. The van der Waals surface area contributed by atoms with Crippen LogP contribution in [0.5, 0.6) is 11.8 Å². The van der Waals surface area contributed by atoms with Crippen LogP contribution >= 0.6 is 0 Å². The van der Waals surface area contributed by atoms with Crippen molar-refractivity contribution in [2.45, 2.75) is 45.7 Å². The third kappa shape index (κ3) is 2.26. The molecule has 4 rings (SSSR count). The van der Waals surface area contributed by atoms with Gasteiger partial charge in [0, 0.05) is 23.5 Å². The van der Waals surface area contributed by atoms with Gasteiger partial charge in [-0.05, 0) is 26.7 Å². The van der Waals surface area contributed by atoms with E-state index in [-0.39, 0.29) is 0 Å². The molecule has 0 spiro atoms. The Kier molecular flexibility index (Phi) is 3.32. The average molecular weight is 302 g/mol. The van der Waals surface area contributed by atoms with E-state index in [1.54, 1.807) is 0 Å². The molecule has 0 fully saturated rings. The van der Waals surface area contributed by atoms with Crippen molar-refractivity contribution in [3.8, 4) is 11.8 Å². The van der Waals surface area contributed by atoms with Crippen molar-refractivity contribution in [1.29, 1.82) is 0 Å². The third-order valence-corrected chi connectivity index (χ3v) is 4.68. The maximum absolute atomic E-state index is 5.85. The summed E-state index contributed by atoms with van der Waals surface area (Å²) in [6.45, 7) is 6.73. The van der Waals surface area contributed by atoms with E-state index in [2.05, 4.69) is 17.1 Å². The Morgan fingerprint density at radius 3 is 3.05 bits per heavy atom. The lowest BCUT2D eigenvalue weighted by molar-refractivity contribution is 0.156. The first-order chi connectivity index (χ1) is 10.7. The number of aromatic nitrogens is 4. The first kappa shape index (κ1) is 13.7. The molecule has 0 saturated carbocycles. The van der Waals surface area contributed by atoms with Crippen LogP contribution in [0.25, 0.3) is 0 Å². The van der Waals surface area contributed by atoms with Crippen LogP contribution < -0.4 is 9.47 Å². The summed E-state index contributed by atoms with van der Waals surface area (Å²) in [7, 11) is 0. The van der Waals surface area contributed by atoms with Gasteiger partial charge in [0.2, 0.25) is 11.8 Å². The number of hydrogen-bond donors (Lipinski definition) is 0. The van der Waals surface area contributed by atoms with E-state index < -0.39 is 0 Å². The number of rotatable bonds is 3. The van der Waals surface area contributed by atoms with Crippen LogP contribution in [0.1, 0.15) is 36.9 Å². The highest BCUT2D eigenvalue weighted by Crippen LogP contribution is 2.31. The molecule has 2 aromatic rings. The minimum Gasteiger partial charge on any atom is -0.478 e. The fourth-order valence-electron chi connectivity index (χ4n) is 3.29. The van der Waals surface area contributed by atoms with E-state index in [1.807, 2.05) is 28.7 Å². The van der Waals surface area contributed by atoms with E-state index >= 15 is 0 Å². The van der Waals surface area contributed by atoms with E-state index in [4.69, 9.17) is 9.47 Å². The summed E-state index contributed by atoms with van der Waals surface area (Å²) in [5.41, 5.74) is 2.33. The Balaban J connectivity index is 1.42. The van der Waals surface area contributed by atoms with Gasteiger partial charge in [0.25, 0.3) is 0 Å². The van der Waals surface area contributed by atoms with Crippen LogP contribution in [0.15, 0.2) is 12.4 Å². The topological polar surface area (TPSA) is 54.1 Å². The van der Waals surface area contributed by atoms with Crippen molar-refractivity contribution in [3.63, 3.8) is 0 Å². The van der Waals surface area contributed by atoms with Gasteiger partial charge >= 0.3 is 0 Å². The number of nitrogens with zero attached hydrogens (tertiary/aromatic N) is 4. The van der Waals surface area contributed by atoms with Gasteiger partial charge in [-0.3, -0.25) is 0 Å². The Bertz CT molecular complexity index is 676. The van der Waals surface area contributed by atoms with Crippen molar-refractivity contribution in [2.75, 3.05) is 13.2 Å². The zero-order valence-electron chi connectivity index (χ0n) is 13.2. The van der Waals surface area contributed by atoms with E-state index in [1.165, 1.54) is 5.56 Å². The molecule has 4 heterocycles. The number of ether oxygens (including phenoxy) is 2. The van der Waals surface area contributed by atoms with Crippen LogP contribution in [0, 0.1) is 12.8 Å². The predicted octanol–water partition coefficient (Wildman–Crippen LogP) is 2.37. The lowest BCUT2D eigenvalue weighted by atomic mass is 10.0. The molecule has 0 aromatic carbocycles. The molecule has 1 unspecified atom stereocenters. The Morgan fingerprint density at radius 2 is 2.14 bits per heavy atom. The molecule has 2 atom stereocenters. The molecule has 0 amide bonds. The largest absolute Gasteiger partial charge is 0.478 e. The molecule has 118 valence electrons. The third-order valence-electron chi connectivity index (χ3n) is 4.68. The molecular formula is C16H22N4O2. The van der Waals surface area contributed by atoms with Gasteiger partial charge in [-0.15, -0.1) is 0 Å². The fraction of sp³-hybridized carbons (Fsp3) is 0.625. The maximum Gasteiger partial charge on any atom is 0.215 e. The molecule has 6 heteroatoms. The van der Waals surface area contributed by atoms with Crippen LogP contribution in [0.2, 0.25) is 0 Å². The van der Waals surface area contributed by atoms with Crippen LogP contribution in [0.3, 0.4) is 0 Å². The molecule has 2 aliphatic heterocycles. The molecule has 0 aliphatic carbocycles. The minimum atomic E-state index is 0.435. The SMILES string of the molecule is Cc1cnn2c1OC[C@H](CCc1cnn3c1OCCC3C)C2. The first-order valence-electron chi connectivity index (χ1n) is 8.06. The zero-order valence-corrected chi connectivity index (χ0v) is 13.2. The normalized spacial score (nSPS) is 23.4. The van der Waals surface area contributed by atoms with Gasteiger partial charge in [-0.25, -0.2) is 9.36 Å². The van der Waals surface area contributed by atoms with Crippen LogP contribution in [-0.4, -0.2) is 32.8 Å². The van der Waals surface area contributed by atoms with Crippen LogP contribution in [0.4, 0.5) is 0 Å².